The van der Waals surface area contributed by atoms with E-state index < -0.39 is 17.8 Å². The summed E-state index contributed by atoms with van der Waals surface area (Å²) in [5, 5.41) is 2.37. The summed E-state index contributed by atoms with van der Waals surface area (Å²) in [6, 6.07) is 18.8. The summed E-state index contributed by atoms with van der Waals surface area (Å²) in [5.41, 5.74) is 1.06. The van der Waals surface area contributed by atoms with Crippen LogP contribution in [0, 0.1) is 0 Å². The molecule has 0 N–H and O–H groups in total. The fraction of sp³-hybridized carbons (Fsp3) is 0.333. The van der Waals surface area contributed by atoms with Gasteiger partial charge in [0, 0.05) is 7.05 Å². The zero-order chi connectivity index (χ0) is 19.9. The number of carbonyl (C=O) groups excluding carboxylic acids is 2. The number of hydrogen-bond donors (Lipinski definition) is 0. The number of amides is 2. The number of hydrogen-bond acceptors (Lipinski definition) is 4. The Bertz CT molecular complexity index is 742. The first-order valence-corrected chi connectivity index (χ1v) is 8.75. The van der Waals surface area contributed by atoms with Gasteiger partial charge >= 0.3 is 12.2 Å². The van der Waals surface area contributed by atoms with Crippen LogP contribution in [0.15, 0.2) is 60.7 Å². The predicted octanol–water partition coefficient (Wildman–Crippen LogP) is 4.61. The normalized spacial score (nSPS) is 10.8. The third-order valence-electron chi connectivity index (χ3n) is 3.61. The molecule has 0 radical (unpaired) electrons. The molecule has 6 nitrogen and oxygen atoms in total. The lowest BCUT2D eigenvalue weighted by Crippen LogP contribution is -2.48. The molecule has 2 amide bonds. The predicted molar refractivity (Wildman–Crippen MR) is 103 cm³/mol. The topological polar surface area (TPSA) is 59.1 Å². The molecule has 2 rings (SSSR count). The highest BCUT2D eigenvalue weighted by molar-refractivity contribution is 5.74. The van der Waals surface area contributed by atoms with Gasteiger partial charge in [0.25, 0.3) is 0 Å². The van der Waals surface area contributed by atoms with Crippen LogP contribution < -0.4 is 0 Å². The first-order chi connectivity index (χ1) is 12.8. The molecule has 2 aromatic carbocycles. The van der Waals surface area contributed by atoms with Gasteiger partial charge in [0.15, 0.2) is 0 Å². The monoisotopic (exact) mass is 370 g/mol. The number of ether oxygens (including phenoxy) is 2. The third kappa shape index (κ3) is 6.66. The van der Waals surface area contributed by atoms with E-state index >= 15 is 0 Å². The maximum Gasteiger partial charge on any atom is 0.429 e. The Hall–Kier alpha value is -3.02. The highest BCUT2D eigenvalue weighted by Gasteiger charge is 2.28. The Balaban J connectivity index is 2.12. The van der Waals surface area contributed by atoms with Crippen molar-refractivity contribution in [3.8, 4) is 0 Å². The van der Waals surface area contributed by atoms with Gasteiger partial charge < -0.3 is 9.47 Å². The lowest BCUT2D eigenvalue weighted by atomic mass is 10.2. The zero-order valence-electron chi connectivity index (χ0n) is 16.2. The molecule has 6 heteroatoms. The summed E-state index contributed by atoms with van der Waals surface area (Å²) in [6.07, 6.45) is -1.26. The zero-order valence-corrected chi connectivity index (χ0v) is 16.2. The number of hydrazine groups is 1. The molecule has 0 aliphatic carbocycles. The van der Waals surface area contributed by atoms with E-state index in [2.05, 4.69) is 0 Å². The molecule has 0 spiro atoms. The molecular weight excluding hydrogens is 344 g/mol. The van der Waals surface area contributed by atoms with Gasteiger partial charge in [-0.2, -0.15) is 0 Å². The molecule has 0 heterocycles. The minimum Gasteiger partial charge on any atom is -0.443 e. The van der Waals surface area contributed by atoms with Crippen molar-refractivity contribution in [1.29, 1.82) is 0 Å². The molecule has 0 atom stereocenters. The molecule has 2 aromatic rings. The molecule has 27 heavy (non-hydrogen) atoms. The summed E-state index contributed by atoms with van der Waals surface area (Å²) >= 11 is 0. The average molecular weight is 370 g/mol. The third-order valence-corrected chi connectivity index (χ3v) is 3.61. The van der Waals surface area contributed by atoms with Crippen molar-refractivity contribution in [3.63, 3.8) is 0 Å². The SMILES string of the molecule is CN(C(=O)OC(C)(C)C)N(Cc1ccccc1)C(=O)OCc1ccccc1. The summed E-state index contributed by atoms with van der Waals surface area (Å²) < 4.78 is 10.8. The molecule has 0 aromatic heterocycles. The second-order valence-electron chi connectivity index (χ2n) is 7.09. The molecule has 0 fully saturated rings. The van der Waals surface area contributed by atoms with E-state index in [1.54, 1.807) is 20.8 Å². The van der Waals surface area contributed by atoms with Crippen LogP contribution >= 0.6 is 0 Å². The molecule has 0 aliphatic rings. The smallest absolute Gasteiger partial charge is 0.429 e. The fourth-order valence-corrected chi connectivity index (χ4v) is 2.27. The standard InChI is InChI=1S/C21H26N2O4/c1-21(2,3)27-19(24)22(4)23(15-17-11-7-5-8-12-17)20(25)26-16-18-13-9-6-10-14-18/h5-14H,15-16H2,1-4H3. The first kappa shape index (κ1) is 20.3. The van der Waals surface area contributed by atoms with Crippen LogP contribution in [0.5, 0.6) is 0 Å². The van der Waals surface area contributed by atoms with Crippen molar-refractivity contribution >= 4 is 12.2 Å². The van der Waals surface area contributed by atoms with Crippen molar-refractivity contribution in [1.82, 2.24) is 10.0 Å². The van der Waals surface area contributed by atoms with Gasteiger partial charge in [-0.1, -0.05) is 60.7 Å². The summed E-state index contributed by atoms with van der Waals surface area (Å²) in [5.74, 6) is 0. The number of rotatable bonds is 4. The van der Waals surface area contributed by atoms with Crippen molar-refractivity contribution in [2.75, 3.05) is 7.05 Å². The summed E-state index contributed by atoms with van der Waals surface area (Å²) in [6.45, 7) is 5.62. The lowest BCUT2D eigenvalue weighted by molar-refractivity contribution is -0.0400. The van der Waals surface area contributed by atoms with E-state index in [4.69, 9.17) is 9.47 Å². The van der Waals surface area contributed by atoms with Crippen LogP contribution in [-0.2, 0) is 22.6 Å². The fourth-order valence-electron chi connectivity index (χ4n) is 2.27. The van der Waals surface area contributed by atoms with E-state index in [0.717, 1.165) is 16.1 Å². The van der Waals surface area contributed by atoms with Crippen LogP contribution in [0.3, 0.4) is 0 Å². The van der Waals surface area contributed by atoms with Crippen molar-refractivity contribution in [2.24, 2.45) is 0 Å². The molecule has 144 valence electrons. The maximum absolute atomic E-state index is 12.7. The molecule has 0 unspecified atom stereocenters. The van der Waals surface area contributed by atoms with Crippen LogP contribution in [0.25, 0.3) is 0 Å². The average Bonchev–Trinajstić information content (AvgIpc) is 2.64. The Morgan fingerprint density at radius 1 is 0.852 bits per heavy atom. The van der Waals surface area contributed by atoms with E-state index in [0.29, 0.717) is 0 Å². The van der Waals surface area contributed by atoms with Gasteiger partial charge in [0.2, 0.25) is 0 Å². The van der Waals surface area contributed by atoms with Crippen molar-refractivity contribution in [2.45, 2.75) is 39.5 Å². The Labute approximate surface area is 160 Å². The van der Waals surface area contributed by atoms with Crippen LogP contribution in [0.2, 0.25) is 0 Å². The Morgan fingerprint density at radius 2 is 1.37 bits per heavy atom. The van der Waals surface area contributed by atoms with Gasteiger partial charge in [0.05, 0.1) is 6.54 Å². The molecule has 0 saturated carbocycles. The van der Waals surface area contributed by atoms with Crippen molar-refractivity contribution in [3.05, 3.63) is 71.8 Å². The van der Waals surface area contributed by atoms with E-state index in [1.807, 2.05) is 60.7 Å². The van der Waals surface area contributed by atoms with E-state index in [9.17, 15) is 9.59 Å². The second kappa shape index (κ2) is 9.07. The Kier molecular flexibility index (Phi) is 6.82. The first-order valence-electron chi connectivity index (χ1n) is 8.75. The van der Waals surface area contributed by atoms with Gasteiger partial charge in [-0.25, -0.2) is 19.6 Å². The van der Waals surface area contributed by atoms with Gasteiger partial charge in [0.1, 0.15) is 12.2 Å². The van der Waals surface area contributed by atoms with E-state index in [1.165, 1.54) is 12.1 Å². The quantitative estimate of drug-likeness (QED) is 0.738. The van der Waals surface area contributed by atoms with Gasteiger partial charge in [-0.15, -0.1) is 0 Å². The molecular formula is C21H26N2O4. The number of nitrogens with zero attached hydrogens (tertiary/aromatic N) is 2. The number of carbonyl (C=O) groups is 2. The number of benzene rings is 2. The van der Waals surface area contributed by atoms with Crippen LogP contribution in [-0.4, -0.2) is 34.9 Å². The highest BCUT2D eigenvalue weighted by atomic mass is 16.6. The van der Waals surface area contributed by atoms with Gasteiger partial charge in [-0.05, 0) is 31.9 Å². The Morgan fingerprint density at radius 3 is 1.89 bits per heavy atom. The lowest BCUT2D eigenvalue weighted by Gasteiger charge is -2.32. The molecule has 0 aliphatic heterocycles. The van der Waals surface area contributed by atoms with E-state index in [-0.39, 0.29) is 13.2 Å². The minimum absolute atomic E-state index is 0.118. The van der Waals surface area contributed by atoms with Gasteiger partial charge in [-0.3, -0.25) is 0 Å². The maximum atomic E-state index is 12.7. The van der Waals surface area contributed by atoms with Crippen molar-refractivity contribution < 1.29 is 19.1 Å². The summed E-state index contributed by atoms with van der Waals surface area (Å²) in [4.78, 5) is 25.1. The minimum atomic E-state index is -0.669. The summed E-state index contributed by atoms with van der Waals surface area (Å²) in [7, 11) is 1.49. The molecule has 0 saturated heterocycles. The second-order valence-corrected chi connectivity index (χ2v) is 7.09. The highest BCUT2D eigenvalue weighted by Crippen LogP contribution is 2.14. The van der Waals surface area contributed by atoms with Crippen LogP contribution in [0.4, 0.5) is 9.59 Å². The molecule has 0 bridgehead atoms. The van der Waals surface area contributed by atoms with Crippen LogP contribution in [0.1, 0.15) is 31.9 Å². The largest absolute Gasteiger partial charge is 0.443 e.